The number of esters is 1. The molecule has 1 aromatic heterocycles. The van der Waals surface area contributed by atoms with Crippen molar-refractivity contribution in [2.24, 2.45) is 0 Å². The molecule has 1 atom stereocenters. The summed E-state index contributed by atoms with van der Waals surface area (Å²) in [6.07, 6.45) is 3.17. The van der Waals surface area contributed by atoms with Gasteiger partial charge in [-0.15, -0.1) is 0 Å². The molecule has 3 aromatic rings. The molecule has 1 aliphatic heterocycles. The molecule has 2 aromatic carbocycles. The second-order valence-corrected chi connectivity index (χ2v) is 6.63. The van der Waals surface area contributed by atoms with E-state index in [0.717, 1.165) is 36.1 Å². The largest absolute Gasteiger partial charge is 0.465 e. The first kappa shape index (κ1) is 17.9. The second kappa shape index (κ2) is 7.64. The molecule has 0 saturated carbocycles. The molecule has 1 saturated heterocycles. The highest BCUT2D eigenvalue weighted by atomic mass is 16.5. The van der Waals surface area contributed by atoms with Gasteiger partial charge in [0.2, 0.25) is 5.91 Å². The molecule has 7 nitrogen and oxygen atoms in total. The Hall–Kier alpha value is -3.48. The molecule has 4 rings (SSSR count). The van der Waals surface area contributed by atoms with E-state index in [0.29, 0.717) is 11.3 Å². The first-order valence-electron chi connectivity index (χ1n) is 9.13. The van der Waals surface area contributed by atoms with Gasteiger partial charge < -0.3 is 15.0 Å². The Kier molecular flexibility index (Phi) is 4.89. The van der Waals surface area contributed by atoms with E-state index in [1.807, 2.05) is 29.2 Å². The minimum Gasteiger partial charge on any atom is -0.465 e. The molecule has 1 amide bonds. The molecule has 142 valence electrons. The molecule has 0 radical (unpaired) electrons. The summed E-state index contributed by atoms with van der Waals surface area (Å²) in [5, 5.41) is 3.85. The van der Waals surface area contributed by atoms with Crippen molar-refractivity contribution < 1.29 is 14.3 Å². The number of benzene rings is 2. The van der Waals surface area contributed by atoms with Gasteiger partial charge in [-0.2, -0.15) is 0 Å². The highest BCUT2D eigenvalue weighted by molar-refractivity contribution is 6.00. The lowest BCUT2D eigenvalue weighted by molar-refractivity contribution is -0.117. The SMILES string of the molecule is COC(=O)c1cccc(NC(=O)C2CCCN2c2ncnc3ccccc23)c1. The highest BCUT2D eigenvalue weighted by Gasteiger charge is 2.32. The number of rotatable bonds is 4. The highest BCUT2D eigenvalue weighted by Crippen LogP contribution is 2.30. The number of carbonyl (C=O) groups excluding carboxylic acids is 2. The van der Waals surface area contributed by atoms with E-state index in [9.17, 15) is 9.59 Å². The van der Waals surface area contributed by atoms with Crippen LogP contribution in [0.25, 0.3) is 10.9 Å². The first-order valence-corrected chi connectivity index (χ1v) is 9.13. The van der Waals surface area contributed by atoms with Crippen LogP contribution in [0.4, 0.5) is 11.5 Å². The Morgan fingerprint density at radius 3 is 2.86 bits per heavy atom. The van der Waals surface area contributed by atoms with E-state index in [-0.39, 0.29) is 11.9 Å². The van der Waals surface area contributed by atoms with Crippen molar-refractivity contribution in [3.63, 3.8) is 0 Å². The zero-order valence-electron chi connectivity index (χ0n) is 15.5. The van der Waals surface area contributed by atoms with Crippen LogP contribution in [0.1, 0.15) is 23.2 Å². The van der Waals surface area contributed by atoms with E-state index >= 15 is 0 Å². The molecule has 7 heteroatoms. The Morgan fingerprint density at radius 1 is 1.14 bits per heavy atom. The van der Waals surface area contributed by atoms with Crippen LogP contribution in [-0.2, 0) is 9.53 Å². The van der Waals surface area contributed by atoms with E-state index in [1.54, 1.807) is 24.3 Å². The summed E-state index contributed by atoms with van der Waals surface area (Å²) in [6.45, 7) is 0.751. The van der Waals surface area contributed by atoms with Crippen molar-refractivity contribution in [1.82, 2.24) is 9.97 Å². The summed E-state index contributed by atoms with van der Waals surface area (Å²) in [5.74, 6) is 0.208. The van der Waals surface area contributed by atoms with E-state index < -0.39 is 5.97 Å². The number of hydrogen-bond donors (Lipinski definition) is 1. The van der Waals surface area contributed by atoms with E-state index in [2.05, 4.69) is 15.3 Å². The molecule has 1 unspecified atom stereocenters. The maximum Gasteiger partial charge on any atom is 0.337 e. The van der Waals surface area contributed by atoms with Crippen LogP contribution in [0.3, 0.4) is 0 Å². The number of fused-ring (bicyclic) bond motifs is 1. The molecule has 28 heavy (non-hydrogen) atoms. The third kappa shape index (κ3) is 3.38. The molecule has 1 aliphatic rings. The van der Waals surface area contributed by atoms with Crippen molar-refractivity contribution in [3.8, 4) is 0 Å². The average molecular weight is 376 g/mol. The standard InChI is InChI=1S/C21H20N4O3/c1-28-21(27)14-6-4-7-15(12-14)24-20(26)18-10-5-11-25(18)19-16-8-2-3-9-17(16)22-13-23-19/h2-4,6-9,12-13,18H,5,10-11H2,1H3,(H,24,26). The fourth-order valence-corrected chi connectivity index (χ4v) is 3.58. The normalized spacial score (nSPS) is 16.2. The quantitative estimate of drug-likeness (QED) is 0.705. The van der Waals surface area contributed by atoms with Crippen LogP contribution < -0.4 is 10.2 Å². The second-order valence-electron chi connectivity index (χ2n) is 6.63. The smallest absolute Gasteiger partial charge is 0.337 e. The molecule has 1 N–H and O–H groups in total. The Balaban J connectivity index is 1.58. The van der Waals surface area contributed by atoms with Crippen LogP contribution in [0.5, 0.6) is 0 Å². The van der Waals surface area contributed by atoms with Gasteiger partial charge in [0.15, 0.2) is 0 Å². The number of carbonyl (C=O) groups is 2. The molecule has 2 heterocycles. The van der Waals surface area contributed by atoms with Crippen LogP contribution >= 0.6 is 0 Å². The van der Waals surface area contributed by atoms with Gasteiger partial charge in [-0.05, 0) is 43.2 Å². The number of hydrogen-bond acceptors (Lipinski definition) is 6. The molecular formula is C21H20N4O3. The Morgan fingerprint density at radius 2 is 2.00 bits per heavy atom. The number of aromatic nitrogens is 2. The Labute approximate surface area is 162 Å². The maximum absolute atomic E-state index is 13.0. The third-order valence-electron chi connectivity index (χ3n) is 4.90. The molecule has 1 fully saturated rings. The van der Waals surface area contributed by atoms with Gasteiger partial charge in [-0.3, -0.25) is 4.79 Å². The lowest BCUT2D eigenvalue weighted by atomic mass is 10.1. The fraction of sp³-hybridized carbons (Fsp3) is 0.238. The van der Waals surface area contributed by atoms with Crippen molar-refractivity contribution in [2.75, 3.05) is 23.9 Å². The maximum atomic E-state index is 13.0. The number of nitrogens with one attached hydrogen (secondary N) is 1. The summed E-state index contributed by atoms with van der Waals surface area (Å²) in [5.41, 5.74) is 1.81. The van der Waals surface area contributed by atoms with Gasteiger partial charge in [-0.25, -0.2) is 14.8 Å². The first-order chi connectivity index (χ1) is 13.7. The fourth-order valence-electron chi connectivity index (χ4n) is 3.58. The predicted octanol–water partition coefficient (Wildman–Crippen LogP) is 3.02. The number of anilines is 2. The predicted molar refractivity (Wildman–Crippen MR) is 106 cm³/mol. The van der Waals surface area contributed by atoms with E-state index in [1.165, 1.54) is 13.4 Å². The number of amides is 1. The van der Waals surface area contributed by atoms with Gasteiger partial charge in [0, 0.05) is 17.6 Å². The summed E-state index contributed by atoms with van der Waals surface area (Å²) >= 11 is 0. The topological polar surface area (TPSA) is 84.4 Å². The van der Waals surface area contributed by atoms with Crippen molar-refractivity contribution in [1.29, 1.82) is 0 Å². The third-order valence-corrected chi connectivity index (χ3v) is 4.90. The van der Waals surface area contributed by atoms with Crippen LogP contribution in [0.2, 0.25) is 0 Å². The summed E-state index contributed by atoms with van der Waals surface area (Å²) in [6, 6.07) is 14.2. The lowest BCUT2D eigenvalue weighted by Crippen LogP contribution is -2.40. The number of ether oxygens (including phenoxy) is 1. The summed E-state index contributed by atoms with van der Waals surface area (Å²) < 4.78 is 4.74. The van der Waals surface area contributed by atoms with Crippen molar-refractivity contribution in [3.05, 3.63) is 60.4 Å². The summed E-state index contributed by atoms with van der Waals surface area (Å²) in [4.78, 5) is 35.5. The molecule has 0 spiro atoms. The zero-order valence-corrected chi connectivity index (χ0v) is 15.5. The van der Waals surface area contributed by atoms with Crippen molar-refractivity contribution >= 4 is 34.3 Å². The molecular weight excluding hydrogens is 356 g/mol. The van der Waals surface area contributed by atoms with Crippen LogP contribution in [0, 0.1) is 0 Å². The van der Waals surface area contributed by atoms with Gasteiger partial charge in [0.1, 0.15) is 18.2 Å². The number of para-hydroxylation sites is 1. The van der Waals surface area contributed by atoms with Crippen molar-refractivity contribution in [2.45, 2.75) is 18.9 Å². The number of nitrogens with zero attached hydrogens (tertiary/aromatic N) is 3. The Bertz CT molecular complexity index is 1030. The molecule has 0 aliphatic carbocycles. The lowest BCUT2D eigenvalue weighted by Gasteiger charge is -2.25. The zero-order chi connectivity index (χ0) is 19.5. The van der Waals surface area contributed by atoms with Gasteiger partial charge >= 0.3 is 5.97 Å². The van der Waals surface area contributed by atoms with Gasteiger partial charge in [0.05, 0.1) is 18.2 Å². The van der Waals surface area contributed by atoms with Gasteiger partial charge in [-0.1, -0.05) is 18.2 Å². The van der Waals surface area contributed by atoms with Crippen LogP contribution in [0.15, 0.2) is 54.9 Å². The monoisotopic (exact) mass is 376 g/mol. The number of methoxy groups -OCH3 is 1. The van der Waals surface area contributed by atoms with Crippen LogP contribution in [-0.4, -0.2) is 41.5 Å². The molecule has 0 bridgehead atoms. The minimum absolute atomic E-state index is 0.123. The van der Waals surface area contributed by atoms with E-state index in [4.69, 9.17) is 4.74 Å². The summed E-state index contributed by atoms with van der Waals surface area (Å²) in [7, 11) is 1.33. The minimum atomic E-state index is -0.439. The van der Waals surface area contributed by atoms with Gasteiger partial charge in [0.25, 0.3) is 0 Å². The average Bonchev–Trinajstić information content (AvgIpc) is 3.23.